The van der Waals surface area contributed by atoms with Gasteiger partial charge in [0.1, 0.15) is 0 Å². The van der Waals surface area contributed by atoms with E-state index in [9.17, 15) is 0 Å². The lowest BCUT2D eigenvalue weighted by Crippen LogP contribution is -2.46. The minimum Gasteiger partial charge on any atom is -0.301 e. The van der Waals surface area contributed by atoms with Crippen LogP contribution in [0.2, 0.25) is 0 Å². The average Bonchev–Trinajstić information content (AvgIpc) is 1.66. The minimum absolute atomic E-state index is 0.931. The fraction of sp³-hybridized carbons (Fsp3) is 1.00. The van der Waals surface area contributed by atoms with Gasteiger partial charge in [0.05, 0.1) is 0 Å². The van der Waals surface area contributed by atoms with E-state index in [-0.39, 0.29) is 0 Å². The van der Waals surface area contributed by atoms with Crippen LogP contribution < -0.4 is 0 Å². The first-order chi connectivity index (χ1) is 3.88. The predicted molar refractivity (Wildman–Crippen MR) is 35.9 cm³/mol. The van der Waals surface area contributed by atoms with E-state index in [1.54, 1.807) is 0 Å². The molecule has 1 aliphatic rings. The van der Waals surface area contributed by atoms with E-state index in [1.165, 1.54) is 25.9 Å². The van der Waals surface area contributed by atoms with Crippen LogP contribution in [-0.4, -0.2) is 24.0 Å². The molecule has 0 amide bonds. The van der Waals surface area contributed by atoms with Gasteiger partial charge in [-0.25, -0.2) is 0 Å². The smallest absolute Gasteiger partial charge is 0.0105 e. The van der Waals surface area contributed by atoms with E-state index < -0.39 is 0 Å². The molecule has 0 spiro atoms. The molecule has 0 radical (unpaired) electrons. The molecule has 1 heteroatoms. The third-order valence-corrected chi connectivity index (χ3v) is 2.14. The molecule has 0 aliphatic carbocycles. The zero-order valence-electron chi connectivity index (χ0n) is 5.85. The van der Waals surface area contributed by atoms with Crippen molar-refractivity contribution in [1.82, 2.24) is 4.90 Å². The van der Waals surface area contributed by atoms with Crippen molar-refractivity contribution in [2.75, 3.05) is 13.1 Å². The first-order valence-electron chi connectivity index (χ1n) is 3.62. The fourth-order valence-electron chi connectivity index (χ4n) is 1.37. The second kappa shape index (κ2) is 2.49. The molecule has 0 N–H and O–H groups in total. The molecule has 8 heavy (non-hydrogen) atoms. The van der Waals surface area contributed by atoms with Gasteiger partial charge in [0.15, 0.2) is 0 Å². The first kappa shape index (κ1) is 6.09. The molecule has 1 fully saturated rings. The van der Waals surface area contributed by atoms with E-state index in [0.717, 1.165) is 6.04 Å². The summed E-state index contributed by atoms with van der Waals surface area (Å²) in [5.74, 6) is 0. The lowest BCUT2D eigenvalue weighted by atomic mass is 10.0. The Hall–Kier alpha value is -0.0400. The molecule has 0 aromatic rings. The summed E-state index contributed by atoms with van der Waals surface area (Å²) in [5.41, 5.74) is 0. The monoisotopic (exact) mass is 113 g/mol. The fourth-order valence-corrected chi connectivity index (χ4v) is 1.37. The van der Waals surface area contributed by atoms with E-state index in [4.69, 9.17) is 0 Å². The Balaban J connectivity index is 2.16. The van der Waals surface area contributed by atoms with Gasteiger partial charge in [-0.1, -0.05) is 13.8 Å². The van der Waals surface area contributed by atoms with Gasteiger partial charge >= 0.3 is 0 Å². The van der Waals surface area contributed by atoms with Crippen LogP contribution in [0.25, 0.3) is 0 Å². The summed E-state index contributed by atoms with van der Waals surface area (Å²) >= 11 is 0. The summed E-state index contributed by atoms with van der Waals surface area (Å²) in [5, 5.41) is 0. The van der Waals surface area contributed by atoms with E-state index in [2.05, 4.69) is 18.7 Å². The van der Waals surface area contributed by atoms with Gasteiger partial charge in [0, 0.05) is 6.04 Å². The second-order valence-corrected chi connectivity index (χ2v) is 2.48. The van der Waals surface area contributed by atoms with Crippen molar-refractivity contribution in [3.63, 3.8) is 0 Å². The van der Waals surface area contributed by atoms with Crippen molar-refractivity contribution in [2.45, 2.75) is 32.7 Å². The molecule has 0 aromatic heterocycles. The Morgan fingerprint density at radius 3 is 2.38 bits per heavy atom. The van der Waals surface area contributed by atoms with Crippen LogP contribution in [0.4, 0.5) is 0 Å². The van der Waals surface area contributed by atoms with Gasteiger partial charge in [0.2, 0.25) is 0 Å². The Morgan fingerprint density at radius 1 is 1.50 bits per heavy atom. The molecule has 1 heterocycles. The van der Waals surface area contributed by atoms with Crippen LogP contribution in [0.3, 0.4) is 0 Å². The average molecular weight is 113 g/mol. The van der Waals surface area contributed by atoms with Gasteiger partial charge < -0.3 is 4.90 Å². The van der Waals surface area contributed by atoms with Crippen molar-refractivity contribution in [3.05, 3.63) is 0 Å². The molecule has 1 atom stereocenters. The molecule has 1 unspecified atom stereocenters. The lowest BCUT2D eigenvalue weighted by molar-refractivity contribution is 0.0950. The highest BCUT2D eigenvalue weighted by molar-refractivity contribution is 4.79. The number of nitrogens with zero attached hydrogens (tertiary/aromatic N) is 1. The van der Waals surface area contributed by atoms with Crippen LogP contribution in [0, 0.1) is 0 Å². The number of hydrogen-bond donors (Lipinski definition) is 0. The normalized spacial score (nSPS) is 30.0. The lowest BCUT2D eigenvalue weighted by Gasteiger charge is -2.39. The van der Waals surface area contributed by atoms with E-state index in [1.807, 2.05) is 0 Å². The third kappa shape index (κ3) is 0.873. The Kier molecular flexibility index (Phi) is 1.90. The Labute approximate surface area is 51.7 Å². The maximum absolute atomic E-state index is 2.53. The van der Waals surface area contributed by atoms with Crippen LogP contribution in [-0.2, 0) is 0 Å². The summed E-state index contributed by atoms with van der Waals surface area (Å²) in [7, 11) is 0. The molecule has 1 nitrogen and oxygen atoms in total. The van der Waals surface area contributed by atoms with Crippen LogP contribution in [0.15, 0.2) is 0 Å². The molecular formula is C7H15N. The van der Waals surface area contributed by atoms with Crippen LogP contribution in [0.1, 0.15) is 26.7 Å². The van der Waals surface area contributed by atoms with Crippen molar-refractivity contribution in [3.8, 4) is 0 Å². The van der Waals surface area contributed by atoms with Gasteiger partial charge in [-0.3, -0.25) is 0 Å². The molecule has 1 saturated heterocycles. The Morgan fingerprint density at radius 2 is 2.25 bits per heavy atom. The largest absolute Gasteiger partial charge is 0.301 e. The van der Waals surface area contributed by atoms with E-state index >= 15 is 0 Å². The van der Waals surface area contributed by atoms with Crippen LogP contribution >= 0.6 is 0 Å². The molecular weight excluding hydrogens is 98.1 g/mol. The SMILES string of the molecule is CCC1CCN1CC. The number of rotatable bonds is 2. The van der Waals surface area contributed by atoms with Crippen molar-refractivity contribution >= 4 is 0 Å². The van der Waals surface area contributed by atoms with Gasteiger partial charge in [-0.15, -0.1) is 0 Å². The third-order valence-electron chi connectivity index (χ3n) is 2.14. The molecule has 1 rings (SSSR count). The highest BCUT2D eigenvalue weighted by Crippen LogP contribution is 2.18. The van der Waals surface area contributed by atoms with E-state index in [0.29, 0.717) is 0 Å². The topological polar surface area (TPSA) is 3.24 Å². The number of hydrogen-bond acceptors (Lipinski definition) is 1. The summed E-state index contributed by atoms with van der Waals surface area (Å²) in [6.45, 7) is 7.10. The van der Waals surface area contributed by atoms with Crippen molar-refractivity contribution in [2.24, 2.45) is 0 Å². The summed E-state index contributed by atoms with van der Waals surface area (Å²) < 4.78 is 0. The summed E-state index contributed by atoms with van der Waals surface area (Å²) in [4.78, 5) is 2.53. The summed E-state index contributed by atoms with van der Waals surface area (Å²) in [6.07, 6.45) is 2.78. The molecule has 0 saturated carbocycles. The molecule has 0 bridgehead atoms. The maximum Gasteiger partial charge on any atom is 0.0105 e. The Bertz CT molecular complexity index is 56.8. The predicted octanol–water partition coefficient (Wildman–Crippen LogP) is 1.49. The van der Waals surface area contributed by atoms with Crippen molar-refractivity contribution < 1.29 is 0 Å². The standard InChI is InChI=1S/C7H15N/c1-3-7-5-6-8(7)4-2/h7H,3-6H2,1-2H3. The summed E-state index contributed by atoms with van der Waals surface area (Å²) in [6, 6.07) is 0.931. The van der Waals surface area contributed by atoms with Crippen molar-refractivity contribution in [1.29, 1.82) is 0 Å². The van der Waals surface area contributed by atoms with Gasteiger partial charge in [-0.05, 0) is 25.9 Å². The first-order valence-corrected chi connectivity index (χ1v) is 3.62. The zero-order valence-corrected chi connectivity index (χ0v) is 5.85. The molecule has 1 aliphatic heterocycles. The molecule has 48 valence electrons. The van der Waals surface area contributed by atoms with Gasteiger partial charge in [0.25, 0.3) is 0 Å². The highest BCUT2D eigenvalue weighted by Gasteiger charge is 2.23. The molecule has 0 aromatic carbocycles. The quantitative estimate of drug-likeness (QED) is 0.524. The second-order valence-electron chi connectivity index (χ2n) is 2.48. The number of likely N-dealkylation sites (tertiary alicyclic amines) is 1. The van der Waals surface area contributed by atoms with Crippen LogP contribution in [0.5, 0.6) is 0 Å². The highest BCUT2D eigenvalue weighted by atomic mass is 15.2. The van der Waals surface area contributed by atoms with Gasteiger partial charge in [-0.2, -0.15) is 0 Å². The zero-order chi connectivity index (χ0) is 5.98. The maximum atomic E-state index is 2.53. The minimum atomic E-state index is 0.931.